The number of amides is 1. The van der Waals surface area contributed by atoms with Crippen molar-refractivity contribution in [3.63, 3.8) is 0 Å². The van der Waals surface area contributed by atoms with Gasteiger partial charge in [0, 0.05) is 37.3 Å². The molecule has 12 nitrogen and oxygen atoms in total. The van der Waals surface area contributed by atoms with E-state index in [-0.39, 0.29) is 23.1 Å². The van der Waals surface area contributed by atoms with E-state index in [0.717, 1.165) is 19.4 Å². The highest BCUT2D eigenvalue weighted by Crippen LogP contribution is 2.23. The van der Waals surface area contributed by atoms with Crippen LogP contribution in [-0.4, -0.2) is 66.3 Å². The van der Waals surface area contributed by atoms with Crippen LogP contribution in [0.4, 0.5) is 5.95 Å². The minimum atomic E-state index is -4.18. The number of anilines is 1. The molecule has 37 heavy (non-hydrogen) atoms. The fourth-order valence-corrected chi connectivity index (χ4v) is 5.36. The SMILES string of the molecule is O=C(NC[C@H](NS(=O)(=O)c1cccc2ccccc12)C(=O)O)C1=NOC(CCCCNc2ncc[nH]2)C1. The van der Waals surface area contributed by atoms with Crippen molar-refractivity contribution in [1.29, 1.82) is 0 Å². The average molecular weight is 529 g/mol. The van der Waals surface area contributed by atoms with Crippen LogP contribution >= 0.6 is 0 Å². The zero-order chi connectivity index (χ0) is 26.3. The molecule has 1 aliphatic heterocycles. The van der Waals surface area contributed by atoms with E-state index < -0.39 is 34.5 Å². The number of sulfonamides is 1. The van der Waals surface area contributed by atoms with E-state index in [1.54, 1.807) is 48.8 Å². The van der Waals surface area contributed by atoms with E-state index in [2.05, 4.69) is 30.5 Å². The first kappa shape index (κ1) is 26.1. The number of nitrogens with zero attached hydrogens (tertiary/aromatic N) is 2. The first-order chi connectivity index (χ1) is 17.8. The quantitative estimate of drug-likeness (QED) is 0.209. The van der Waals surface area contributed by atoms with Gasteiger partial charge in [-0.2, -0.15) is 4.72 Å². The average Bonchev–Trinajstić information content (AvgIpc) is 3.58. The molecule has 1 amide bonds. The molecule has 0 fully saturated rings. The molecule has 13 heteroatoms. The third-order valence-electron chi connectivity index (χ3n) is 5.84. The second-order valence-corrected chi connectivity index (χ2v) is 10.2. The van der Waals surface area contributed by atoms with Gasteiger partial charge in [-0.15, -0.1) is 0 Å². The minimum Gasteiger partial charge on any atom is -0.480 e. The van der Waals surface area contributed by atoms with Crippen LogP contribution in [-0.2, 0) is 24.4 Å². The largest absolute Gasteiger partial charge is 0.480 e. The van der Waals surface area contributed by atoms with E-state index in [4.69, 9.17) is 4.84 Å². The number of oxime groups is 1. The Kier molecular flexibility index (Phi) is 8.36. The number of carboxylic acids is 1. The normalized spacial score (nSPS) is 16.1. The first-order valence-electron chi connectivity index (χ1n) is 11.8. The molecule has 4 rings (SSSR count). The smallest absolute Gasteiger partial charge is 0.323 e. The molecule has 0 spiro atoms. The molecular weight excluding hydrogens is 500 g/mol. The molecule has 2 atom stereocenters. The Labute approximate surface area is 213 Å². The first-order valence-corrected chi connectivity index (χ1v) is 13.3. The fourth-order valence-electron chi connectivity index (χ4n) is 3.94. The van der Waals surface area contributed by atoms with Crippen LogP contribution in [0.2, 0.25) is 0 Å². The maximum absolute atomic E-state index is 13.0. The van der Waals surface area contributed by atoms with Crippen LogP contribution in [0.1, 0.15) is 25.7 Å². The highest BCUT2D eigenvalue weighted by atomic mass is 32.2. The third-order valence-corrected chi connectivity index (χ3v) is 7.37. The summed E-state index contributed by atoms with van der Waals surface area (Å²) in [6.45, 7) is 0.278. The van der Waals surface area contributed by atoms with Gasteiger partial charge < -0.3 is 25.6 Å². The lowest BCUT2D eigenvalue weighted by atomic mass is 10.1. The van der Waals surface area contributed by atoms with Gasteiger partial charge in [0.15, 0.2) is 5.95 Å². The molecule has 0 radical (unpaired) electrons. The molecule has 2 aromatic carbocycles. The summed E-state index contributed by atoms with van der Waals surface area (Å²) in [6.07, 6.45) is 5.86. The van der Waals surface area contributed by atoms with Crippen molar-refractivity contribution >= 4 is 44.3 Å². The minimum absolute atomic E-state index is 0.0426. The van der Waals surface area contributed by atoms with Gasteiger partial charge in [0.1, 0.15) is 17.9 Å². The number of benzene rings is 2. The van der Waals surface area contributed by atoms with Crippen molar-refractivity contribution in [2.45, 2.75) is 42.7 Å². The predicted octanol–water partition coefficient (Wildman–Crippen LogP) is 1.84. The van der Waals surface area contributed by atoms with Crippen molar-refractivity contribution in [2.75, 3.05) is 18.4 Å². The molecule has 0 saturated heterocycles. The van der Waals surface area contributed by atoms with Crippen LogP contribution in [0.15, 0.2) is 64.9 Å². The summed E-state index contributed by atoms with van der Waals surface area (Å²) >= 11 is 0. The number of aromatic nitrogens is 2. The van der Waals surface area contributed by atoms with Crippen molar-refractivity contribution in [2.24, 2.45) is 5.16 Å². The summed E-state index contributed by atoms with van der Waals surface area (Å²) in [7, 11) is -4.18. The number of carbonyl (C=O) groups is 2. The summed E-state index contributed by atoms with van der Waals surface area (Å²) in [5.41, 5.74) is 0.139. The number of aliphatic carboxylic acids is 1. The molecular formula is C24H28N6O6S. The second kappa shape index (κ2) is 11.8. The summed E-state index contributed by atoms with van der Waals surface area (Å²) in [6, 6.07) is 10.1. The van der Waals surface area contributed by atoms with Crippen LogP contribution in [0, 0.1) is 0 Å². The van der Waals surface area contributed by atoms with Gasteiger partial charge in [-0.25, -0.2) is 13.4 Å². The molecule has 0 bridgehead atoms. The zero-order valence-electron chi connectivity index (χ0n) is 19.9. The molecule has 0 saturated carbocycles. The second-order valence-electron chi connectivity index (χ2n) is 8.53. The number of carbonyl (C=O) groups excluding carboxylic acids is 1. The maximum Gasteiger partial charge on any atom is 0.323 e. The van der Waals surface area contributed by atoms with Crippen LogP contribution in [0.25, 0.3) is 10.8 Å². The summed E-state index contributed by atoms with van der Waals surface area (Å²) in [5, 5.41) is 20.2. The summed E-state index contributed by atoms with van der Waals surface area (Å²) in [4.78, 5) is 36.6. The Morgan fingerprint density at radius 2 is 1.97 bits per heavy atom. The van der Waals surface area contributed by atoms with Gasteiger partial charge in [0.2, 0.25) is 10.0 Å². The molecule has 1 aromatic heterocycles. The van der Waals surface area contributed by atoms with Crippen LogP contribution in [0.3, 0.4) is 0 Å². The zero-order valence-corrected chi connectivity index (χ0v) is 20.7. The third kappa shape index (κ3) is 6.83. The molecule has 1 aliphatic rings. The van der Waals surface area contributed by atoms with Gasteiger partial charge in [0.05, 0.1) is 4.90 Å². The van der Waals surface area contributed by atoms with Gasteiger partial charge in [-0.3, -0.25) is 9.59 Å². The summed E-state index contributed by atoms with van der Waals surface area (Å²) < 4.78 is 28.1. The van der Waals surface area contributed by atoms with Crippen LogP contribution < -0.4 is 15.4 Å². The monoisotopic (exact) mass is 528 g/mol. The molecule has 2 heterocycles. The maximum atomic E-state index is 13.0. The number of fused-ring (bicyclic) bond motifs is 1. The Morgan fingerprint density at radius 1 is 1.16 bits per heavy atom. The van der Waals surface area contributed by atoms with E-state index in [9.17, 15) is 23.1 Å². The Bertz CT molecular complexity index is 1370. The molecule has 196 valence electrons. The standard InChI is InChI=1S/C24H28N6O6S/c31-22(19-14-17(36-29-19)8-3-4-11-25-24-26-12-13-27-24)28-15-20(23(32)33)30-37(34,35)21-10-5-7-16-6-1-2-9-18(16)21/h1-2,5-7,9-10,12-13,17,20,30H,3-4,8,11,14-15H2,(H,28,31)(H,32,33)(H2,25,26,27)/t17?,20-/m0/s1. The highest BCUT2D eigenvalue weighted by molar-refractivity contribution is 7.89. The summed E-state index contributed by atoms with van der Waals surface area (Å²) in [5.74, 6) is -1.31. The van der Waals surface area contributed by atoms with Gasteiger partial charge in [0.25, 0.3) is 5.91 Å². The van der Waals surface area contributed by atoms with Gasteiger partial charge in [-0.05, 0) is 30.7 Å². The molecule has 5 N–H and O–H groups in total. The highest BCUT2D eigenvalue weighted by Gasteiger charge is 2.30. The van der Waals surface area contributed by atoms with Crippen LogP contribution in [0.5, 0.6) is 0 Å². The van der Waals surface area contributed by atoms with Gasteiger partial charge in [-0.1, -0.05) is 41.6 Å². The Hall–Kier alpha value is -3.97. The van der Waals surface area contributed by atoms with Crippen molar-refractivity contribution in [1.82, 2.24) is 20.0 Å². The Morgan fingerprint density at radius 3 is 2.76 bits per heavy atom. The Balaban J connectivity index is 1.25. The number of hydrogen-bond acceptors (Lipinski definition) is 8. The predicted molar refractivity (Wildman–Crippen MR) is 137 cm³/mol. The number of aromatic amines is 1. The lowest BCUT2D eigenvalue weighted by Gasteiger charge is -2.16. The van der Waals surface area contributed by atoms with Crippen molar-refractivity contribution in [3.8, 4) is 0 Å². The number of carboxylic acid groups (broad SMARTS) is 1. The molecule has 1 unspecified atom stereocenters. The number of imidazole rings is 1. The lowest BCUT2D eigenvalue weighted by Crippen LogP contribution is -2.49. The number of unbranched alkanes of at least 4 members (excludes halogenated alkanes) is 1. The van der Waals surface area contributed by atoms with E-state index in [1.807, 2.05) is 0 Å². The lowest BCUT2D eigenvalue weighted by molar-refractivity contribution is -0.138. The van der Waals surface area contributed by atoms with E-state index >= 15 is 0 Å². The van der Waals surface area contributed by atoms with Crippen molar-refractivity contribution in [3.05, 3.63) is 54.9 Å². The number of rotatable bonds is 13. The van der Waals surface area contributed by atoms with E-state index in [0.29, 0.717) is 23.1 Å². The number of H-pyrrole nitrogens is 1. The van der Waals surface area contributed by atoms with Crippen molar-refractivity contribution < 1.29 is 28.0 Å². The fraction of sp³-hybridized carbons (Fsp3) is 0.333. The topological polar surface area (TPSA) is 175 Å². The number of nitrogens with one attached hydrogen (secondary N) is 4. The van der Waals surface area contributed by atoms with E-state index in [1.165, 1.54) is 6.07 Å². The van der Waals surface area contributed by atoms with Gasteiger partial charge >= 0.3 is 5.97 Å². The molecule has 3 aromatic rings. The molecule has 0 aliphatic carbocycles. The number of hydrogen-bond donors (Lipinski definition) is 5.